The Kier molecular flexibility index (Phi) is 13.9. The maximum atomic E-state index is 13.5. The monoisotopic (exact) mass is 785 g/mol. The maximum absolute atomic E-state index is 13.5. The third kappa shape index (κ3) is 10.3. The summed E-state index contributed by atoms with van der Waals surface area (Å²) in [5, 5.41) is 5.96. The van der Waals surface area contributed by atoms with E-state index in [2.05, 4.69) is 44.9 Å². The van der Waals surface area contributed by atoms with Gasteiger partial charge in [0.1, 0.15) is 12.5 Å². The SMILES string of the molecule is COC12CCC(c3ccc(C(=O)NC(CCCN=C(N)N)O[B]OC(CCCN=C(N)N)NC(=O)c4ccc(C56CCC(OC)(CC5)CC6)cc4)cc3)(CC1)CC2. The number of hydrogen-bond donors (Lipinski definition) is 6. The number of fused-ring (bicyclic) bond motifs is 6. The van der Waals surface area contributed by atoms with Gasteiger partial charge in [0.2, 0.25) is 0 Å². The number of benzene rings is 2. The zero-order valence-electron chi connectivity index (χ0n) is 33.7. The van der Waals surface area contributed by atoms with Crippen LogP contribution in [0.4, 0.5) is 0 Å². The van der Waals surface area contributed by atoms with Crippen LogP contribution in [0, 0.1) is 0 Å². The lowest BCUT2D eigenvalue weighted by atomic mass is 9.56. The van der Waals surface area contributed by atoms with Gasteiger partial charge in [-0.15, -0.1) is 0 Å². The molecule has 309 valence electrons. The predicted molar refractivity (Wildman–Crippen MR) is 221 cm³/mol. The summed E-state index contributed by atoms with van der Waals surface area (Å²) in [5.41, 5.74) is 26.1. The fourth-order valence-electron chi connectivity index (χ4n) is 9.67. The van der Waals surface area contributed by atoms with Crippen LogP contribution in [0.25, 0.3) is 0 Å². The number of carbonyl (C=O) groups excluding carboxylic acids is 2. The summed E-state index contributed by atoms with van der Waals surface area (Å²) >= 11 is 0. The van der Waals surface area contributed by atoms with Crippen molar-refractivity contribution in [3.05, 3.63) is 70.8 Å². The zero-order valence-corrected chi connectivity index (χ0v) is 33.7. The molecule has 14 nitrogen and oxygen atoms in total. The van der Waals surface area contributed by atoms with Crippen LogP contribution in [0.3, 0.4) is 0 Å². The second kappa shape index (κ2) is 18.6. The summed E-state index contributed by atoms with van der Waals surface area (Å²) in [5.74, 6) is -0.585. The smallest absolute Gasteiger partial charge is 0.393 e. The van der Waals surface area contributed by atoms with Crippen molar-refractivity contribution in [2.75, 3.05) is 27.3 Å². The topological polar surface area (TPSA) is 224 Å². The molecular formula is C42H62BN8O6. The van der Waals surface area contributed by atoms with Crippen LogP contribution in [-0.2, 0) is 29.6 Å². The average Bonchev–Trinajstić information content (AvgIpc) is 3.24. The van der Waals surface area contributed by atoms with Crippen LogP contribution in [0.1, 0.15) is 135 Å². The molecule has 0 aliphatic heterocycles. The predicted octanol–water partition coefficient (Wildman–Crippen LogP) is 4.15. The van der Waals surface area contributed by atoms with Crippen molar-refractivity contribution in [1.29, 1.82) is 0 Å². The standard InChI is InChI=1S/C42H62BN8O6/c1-54-41-21-15-39(16-22-41,17-23-41)31-11-7-29(8-12-31)35(52)50-33(5-3-27-48-37(44)45)56-43-57-34(6-4-28-49-38(46)47)51-36(53)30-9-13-32(14-10-30)40-18-24-42(55-2,25-19-40)26-20-40/h7-14,33-34H,3-6,15-28H2,1-2H3,(H,50,52)(H,51,53)(H4,44,45,48)(H4,46,47,49). The van der Waals surface area contributed by atoms with Gasteiger partial charge in [-0.3, -0.25) is 19.6 Å². The molecule has 1 radical (unpaired) electrons. The Hall–Kier alpha value is -4.18. The highest BCUT2D eigenvalue weighted by Crippen LogP contribution is 2.56. The van der Waals surface area contributed by atoms with Crippen LogP contribution in [0.2, 0.25) is 0 Å². The normalized spacial score (nSPS) is 27.2. The molecule has 57 heavy (non-hydrogen) atoms. The number of hydrogen-bond acceptors (Lipinski definition) is 8. The second-order valence-corrected chi connectivity index (χ2v) is 16.7. The summed E-state index contributed by atoms with van der Waals surface area (Å²) in [7, 11) is 4.83. The lowest BCUT2D eigenvalue weighted by molar-refractivity contribution is -0.0956. The van der Waals surface area contributed by atoms with Gasteiger partial charge >= 0.3 is 7.69 Å². The number of nitrogens with one attached hydrogen (secondary N) is 2. The Morgan fingerprint density at radius 1 is 0.596 bits per heavy atom. The quantitative estimate of drug-likeness (QED) is 0.0370. The molecule has 15 heteroatoms. The van der Waals surface area contributed by atoms with E-state index >= 15 is 0 Å². The fourth-order valence-corrected chi connectivity index (χ4v) is 9.67. The molecule has 6 saturated carbocycles. The lowest BCUT2D eigenvalue weighted by Crippen LogP contribution is -2.49. The van der Waals surface area contributed by atoms with Gasteiger partial charge in [-0.05, 0) is 149 Å². The average molecular weight is 786 g/mol. The molecule has 4 bridgehead atoms. The van der Waals surface area contributed by atoms with Gasteiger partial charge in [0.05, 0.1) is 11.2 Å². The van der Waals surface area contributed by atoms with E-state index in [9.17, 15) is 9.59 Å². The summed E-state index contributed by atoms with van der Waals surface area (Å²) in [4.78, 5) is 35.2. The van der Waals surface area contributed by atoms with E-state index in [4.69, 9.17) is 41.7 Å². The van der Waals surface area contributed by atoms with E-state index in [1.165, 1.54) is 18.8 Å². The second-order valence-electron chi connectivity index (χ2n) is 16.7. The summed E-state index contributed by atoms with van der Waals surface area (Å²) in [6, 6.07) is 15.9. The van der Waals surface area contributed by atoms with E-state index < -0.39 is 12.5 Å². The fraction of sp³-hybridized carbons (Fsp3) is 0.619. The first-order chi connectivity index (χ1) is 27.4. The number of nitrogens with zero attached hydrogens (tertiary/aromatic N) is 2. The van der Waals surface area contributed by atoms with Gasteiger partial charge in [-0.2, -0.15) is 0 Å². The number of aliphatic imine (C=N–C) groups is 2. The van der Waals surface area contributed by atoms with Crippen LogP contribution < -0.4 is 33.6 Å². The molecule has 10 N–H and O–H groups in total. The number of guanidine groups is 2. The van der Waals surface area contributed by atoms with Crippen molar-refractivity contribution in [3.63, 3.8) is 0 Å². The summed E-state index contributed by atoms with van der Waals surface area (Å²) in [6.07, 6.45) is 13.3. The molecule has 6 aliphatic carbocycles. The van der Waals surface area contributed by atoms with E-state index in [-0.39, 0.29) is 45.8 Å². The van der Waals surface area contributed by atoms with Gasteiger partial charge in [0.15, 0.2) is 11.9 Å². The van der Waals surface area contributed by atoms with E-state index in [1.807, 2.05) is 38.5 Å². The largest absolute Gasteiger partial charge is 0.491 e. The van der Waals surface area contributed by atoms with Crippen molar-refractivity contribution in [1.82, 2.24) is 10.6 Å². The van der Waals surface area contributed by atoms with Crippen molar-refractivity contribution in [3.8, 4) is 0 Å². The number of amides is 2. The Morgan fingerprint density at radius 2 is 0.930 bits per heavy atom. The molecular weight excluding hydrogens is 723 g/mol. The highest BCUT2D eigenvalue weighted by atomic mass is 16.6. The maximum Gasteiger partial charge on any atom is 0.491 e. The van der Waals surface area contributed by atoms with Crippen LogP contribution in [0.5, 0.6) is 0 Å². The highest BCUT2D eigenvalue weighted by molar-refractivity contribution is 6.18. The molecule has 2 aromatic rings. The van der Waals surface area contributed by atoms with Crippen LogP contribution in [-0.4, -0.2) is 82.4 Å². The number of methoxy groups -OCH3 is 2. The van der Waals surface area contributed by atoms with Gasteiger partial charge < -0.3 is 52.4 Å². The van der Waals surface area contributed by atoms with Gasteiger partial charge in [-0.1, -0.05) is 24.3 Å². The third-order valence-corrected chi connectivity index (χ3v) is 13.6. The molecule has 0 aromatic heterocycles. The lowest BCUT2D eigenvalue weighted by Gasteiger charge is -2.53. The summed E-state index contributed by atoms with van der Waals surface area (Å²) in [6.45, 7) is 0.717. The molecule has 0 saturated heterocycles. The Morgan fingerprint density at radius 3 is 1.23 bits per heavy atom. The molecule has 2 amide bonds. The minimum Gasteiger partial charge on any atom is -0.393 e. The molecule has 0 spiro atoms. The van der Waals surface area contributed by atoms with Crippen molar-refractivity contribution >= 4 is 31.4 Å². The molecule has 8 rings (SSSR count). The molecule has 6 aliphatic rings. The molecule has 2 aromatic carbocycles. The van der Waals surface area contributed by atoms with Gasteiger partial charge in [0, 0.05) is 38.4 Å². The Balaban J connectivity index is 1.06. The van der Waals surface area contributed by atoms with E-state index in [0.717, 1.165) is 77.0 Å². The number of rotatable bonds is 20. The zero-order chi connectivity index (χ0) is 40.5. The van der Waals surface area contributed by atoms with Crippen molar-refractivity contribution < 1.29 is 28.4 Å². The molecule has 6 fully saturated rings. The summed E-state index contributed by atoms with van der Waals surface area (Å²) < 4.78 is 23.7. The van der Waals surface area contributed by atoms with E-state index in [0.29, 0.717) is 49.9 Å². The van der Waals surface area contributed by atoms with E-state index in [1.54, 1.807) is 0 Å². The molecule has 0 heterocycles. The first kappa shape index (κ1) is 42.4. The third-order valence-electron chi connectivity index (χ3n) is 13.6. The number of carbonyl (C=O) groups is 2. The molecule has 2 unspecified atom stereocenters. The first-order valence-corrected chi connectivity index (χ1v) is 20.6. The van der Waals surface area contributed by atoms with Crippen LogP contribution in [0.15, 0.2) is 58.5 Å². The number of nitrogens with two attached hydrogens (primary N) is 4. The first-order valence-electron chi connectivity index (χ1n) is 20.6. The number of ether oxygens (including phenoxy) is 2. The molecule has 2 atom stereocenters. The van der Waals surface area contributed by atoms with Crippen molar-refractivity contribution in [2.24, 2.45) is 32.9 Å². The minimum absolute atomic E-state index is 0.00968. The Labute approximate surface area is 337 Å². The highest BCUT2D eigenvalue weighted by Gasteiger charge is 2.50. The van der Waals surface area contributed by atoms with Crippen LogP contribution >= 0.6 is 0 Å². The van der Waals surface area contributed by atoms with Crippen molar-refractivity contribution in [2.45, 2.75) is 137 Å². The van der Waals surface area contributed by atoms with Gasteiger partial charge in [-0.25, -0.2) is 0 Å². The Bertz CT molecular complexity index is 1560. The minimum atomic E-state index is -0.762. The van der Waals surface area contributed by atoms with Gasteiger partial charge in [0.25, 0.3) is 11.8 Å².